The van der Waals surface area contributed by atoms with Gasteiger partial charge in [0.05, 0.1) is 0 Å². The largest absolute Gasteiger partial charge is 0.396 e. The van der Waals surface area contributed by atoms with Crippen molar-refractivity contribution in [2.45, 2.75) is 65.3 Å². The predicted molar refractivity (Wildman–Crippen MR) is 69.5 cm³/mol. The highest BCUT2D eigenvalue weighted by Crippen LogP contribution is 2.27. The summed E-state index contributed by atoms with van der Waals surface area (Å²) in [4.78, 5) is 0. The molecule has 0 amide bonds. The Morgan fingerprint density at radius 3 is 2.62 bits per heavy atom. The van der Waals surface area contributed by atoms with Crippen molar-refractivity contribution in [3.8, 4) is 0 Å². The lowest BCUT2D eigenvalue weighted by atomic mass is 9.83. The minimum atomic E-state index is 0.0686. The Balaban J connectivity index is 2.31. The van der Waals surface area contributed by atoms with Crippen LogP contribution in [0.25, 0.3) is 0 Å². The summed E-state index contributed by atoms with van der Waals surface area (Å²) in [6.07, 6.45) is 7.81. The van der Waals surface area contributed by atoms with Crippen LogP contribution in [0.15, 0.2) is 0 Å². The molecular weight excluding hydrogens is 198 g/mol. The van der Waals surface area contributed by atoms with Crippen LogP contribution in [0.1, 0.15) is 59.3 Å². The minimum Gasteiger partial charge on any atom is -0.396 e. The minimum absolute atomic E-state index is 0.0686. The fourth-order valence-corrected chi connectivity index (χ4v) is 2.53. The molecule has 1 saturated carbocycles. The molecule has 0 bridgehead atoms. The lowest BCUT2D eigenvalue weighted by Gasteiger charge is -2.33. The van der Waals surface area contributed by atoms with Crippen molar-refractivity contribution in [2.24, 2.45) is 11.3 Å². The number of rotatable bonds is 6. The van der Waals surface area contributed by atoms with E-state index in [0.29, 0.717) is 12.6 Å². The number of hydrogen-bond donors (Lipinski definition) is 2. The van der Waals surface area contributed by atoms with E-state index in [-0.39, 0.29) is 5.41 Å². The van der Waals surface area contributed by atoms with Gasteiger partial charge in [0.2, 0.25) is 0 Å². The van der Waals surface area contributed by atoms with E-state index in [1.807, 2.05) is 0 Å². The zero-order chi connectivity index (χ0) is 12.0. The van der Waals surface area contributed by atoms with Gasteiger partial charge in [0.25, 0.3) is 0 Å². The van der Waals surface area contributed by atoms with E-state index in [1.165, 1.54) is 32.1 Å². The molecule has 1 aliphatic rings. The number of hydrogen-bond acceptors (Lipinski definition) is 2. The van der Waals surface area contributed by atoms with Crippen molar-refractivity contribution >= 4 is 0 Å². The Morgan fingerprint density at radius 2 is 2.06 bits per heavy atom. The standard InChI is InChI=1S/C14H29NO/c1-4-12-7-6-8-13(9-12)15-10-14(3,5-2)11-16/h12-13,15-16H,4-11H2,1-3H3. The molecule has 0 heterocycles. The second kappa shape index (κ2) is 6.61. The van der Waals surface area contributed by atoms with Gasteiger partial charge in [0.15, 0.2) is 0 Å². The molecule has 3 atom stereocenters. The molecule has 1 rings (SSSR count). The quantitative estimate of drug-likeness (QED) is 0.731. The van der Waals surface area contributed by atoms with Crippen LogP contribution in [0.4, 0.5) is 0 Å². The molecule has 0 aromatic rings. The number of aliphatic hydroxyl groups is 1. The maximum Gasteiger partial charge on any atom is 0.0496 e. The van der Waals surface area contributed by atoms with E-state index in [0.717, 1.165) is 18.9 Å². The van der Waals surface area contributed by atoms with E-state index in [9.17, 15) is 5.11 Å². The molecule has 0 spiro atoms. The summed E-state index contributed by atoms with van der Waals surface area (Å²) in [6, 6.07) is 0.691. The topological polar surface area (TPSA) is 32.3 Å². The van der Waals surface area contributed by atoms with Crippen molar-refractivity contribution in [1.29, 1.82) is 0 Å². The molecule has 16 heavy (non-hydrogen) atoms. The molecule has 0 radical (unpaired) electrons. The molecule has 96 valence electrons. The Morgan fingerprint density at radius 1 is 1.31 bits per heavy atom. The van der Waals surface area contributed by atoms with Gasteiger partial charge in [-0.3, -0.25) is 0 Å². The Bertz CT molecular complexity index is 189. The first kappa shape index (κ1) is 14.0. The third kappa shape index (κ3) is 4.06. The maximum atomic E-state index is 9.37. The first-order valence-electron chi connectivity index (χ1n) is 6.97. The van der Waals surface area contributed by atoms with Crippen LogP contribution in [0.2, 0.25) is 0 Å². The third-order valence-corrected chi connectivity index (χ3v) is 4.41. The second-order valence-corrected chi connectivity index (χ2v) is 5.84. The molecule has 0 aromatic heterocycles. The van der Waals surface area contributed by atoms with E-state index < -0.39 is 0 Å². The van der Waals surface area contributed by atoms with Crippen LogP contribution in [0, 0.1) is 11.3 Å². The average Bonchev–Trinajstić information content (AvgIpc) is 2.36. The molecule has 0 saturated heterocycles. The fraction of sp³-hybridized carbons (Fsp3) is 1.00. The summed E-state index contributed by atoms with van der Waals surface area (Å²) in [5.74, 6) is 0.924. The Labute approximate surface area is 101 Å². The van der Waals surface area contributed by atoms with Gasteiger partial charge >= 0.3 is 0 Å². The first-order chi connectivity index (χ1) is 7.63. The Kier molecular flexibility index (Phi) is 5.77. The summed E-state index contributed by atoms with van der Waals surface area (Å²) >= 11 is 0. The third-order valence-electron chi connectivity index (χ3n) is 4.41. The summed E-state index contributed by atoms with van der Waals surface area (Å²) in [5, 5.41) is 13.0. The molecule has 1 aliphatic carbocycles. The summed E-state index contributed by atoms with van der Waals surface area (Å²) in [5.41, 5.74) is 0.0686. The van der Waals surface area contributed by atoms with Crippen molar-refractivity contribution in [1.82, 2.24) is 5.32 Å². The molecular formula is C14H29NO. The lowest BCUT2D eigenvalue weighted by molar-refractivity contribution is 0.126. The van der Waals surface area contributed by atoms with Gasteiger partial charge in [-0.2, -0.15) is 0 Å². The summed E-state index contributed by atoms with van der Waals surface area (Å²) in [6.45, 7) is 7.88. The van der Waals surface area contributed by atoms with Gasteiger partial charge in [-0.15, -0.1) is 0 Å². The van der Waals surface area contributed by atoms with E-state index in [4.69, 9.17) is 0 Å². The van der Waals surface area contributed by atoms with Gasteiger partial charge < -0.3 is 10.4 Å². The second-order valence-electron chi connectivity index (χ2n) is 5.84. The molecule has 1 fully saturated rings. The van der Waals surface area contributed by atoms with Crippen LogP contribution in [0.5, 0.6) is 0 Å². The zero-order valence-electron chi connectivity index (χ0n) is 11.3. The fourth-order valence-electron chi connectivity index (χ4n) is 2.53. The first-order valence-corrected chi connectivity index (χ1v) is 6.97. The summed E-state index contributed by atoms with van der Waals surface area (Å²) in [7, 11) is 0. The number of nitrogens with one attached hydrogen (secondary N) is 1. The average molecular weight is 227 g/mol. The van der Waals surface area contributed by atoms with Crippen molar-refractivity contribution in [3.05, 3.63) is 0 Å². The highest BCUT2D eigenvalue weighted by Gasteiger charge is 2.25. The zero-order valence-corrected chi connectivity index (χ0v) is 11.3. The highest BCUT2D eigenvalue weighted by atomic mass is 16.3. The highest BCUT2D eigenvalue weighted by molar-refractivity contribution is 4.81. The lowest BCUT2D eigenvalue weighted by Crippen LogP contribution is -2.42. The van der Waals surface area contributed by atoms with Crippen LogP contribution >= 0.6 is 0 Å². The smallest absolute Gasteiger partial charge is 0.0496 e. The van der Waals surface area contributed by atoms with Gasteiger partial charge in [0.1, 0.15) is 0 Å². The SMILES string of the molecule is CCC1CCCC(NCC(C)(CC)CO)C1. The summed E-state index contributed by atoms with van der Waals surface area (Å²) < 4.78 is 0. The van der Waals surface area contributed by atoms with Gasteiger partial charge in [-0.1, -0.05) is 40.0 Å². The van der Waals surface area contributed by atoms with Crippen LogP contribution in [-0.4, -0.2) is 24.3 Å². The van der Waals surface area contributed by atoms with Crippen LogP contribution < -0.4 is 5.32 Å². The predicted octanol–water partition coefficient (Wildman–Crippen LogP) is 2.95. The molecule has 2 nitrogen and oxygen atoms in total. The van der Waals surface area contributed by atoms with Gasteiger partial charge in [0, 0.05) is 24.6 Å². The van der Waals surface area contributed by atoms with Crippen LogP contribution in [-0.2, 0) is 0 Å². The molecule has 3 unspecified atom stereocenters. The van der Waals surface area contributed by atoms with Gasteiger partial charge in [-0.25, -0.2) is 0 Å². The van der Waals surface area contributed by atoms with Crippen LogP contribution in [0.3, 0.4) is 0 Å². The molecule has 0 aromatic carbocycles. The number of aliphatic hydroxyl groups excluding tert-OH is 1. The molecule has 0 aliphatic heterocycles. The molecule has 2 N–H and O–H groups in total. The molecule has 2 heteroatoms. The van der Waals surface area contributed by atoms with Crippen molar-refractivity contribution in [3.63, 3.8) is 0 Å². The Hall–Kier alpha value is -0.0800. The van der Waals surface area contributed by atoms with Crippen molar-refractivity contribution in [2.75, 3.05) is 13.2 Å². The van der Waals surface area contributed by atoms with E-state index >= 15 is 0 Å². The van der Waals surface area contributed by atoms with Crippen molar-refractivity contribution < 1.29 is 5.11 Å². The monoisotopic (exact) mass is 227 g/mol. The normalized spacial score (nSPS) is 30.0. The maximum absolute atomic E-state index is 9.37. The van der Waals surface area contributed by atoms with E-state index in [1.54, 1.807) is 0 Å². The van der Waals surface area contributed by atoms with Gasteiger partial charge in [-0.05, 0) is 25.2 Å². The van der Waals surface area contributed by atoms with E-state index in [2.05, 4.69) is 26.1 Å².